The monoisotopic (exact) mass is 225 g/mol. The van der Waals surface area contributed by atoms with E-state index < -0.39 is 0 Å². The van der Waals surface area contributed by atoms with Crippen LogP contribution in [-0.2, 0) is 0 Å². The lowest BCUT2D eigenvalue weighted by molar-refractivity contribution is 0.0624. The minimum absolute atomic E-state index is 0.276. The molecule has 0 bridgehead atoms. The average molecular weight is 225 g/mol. The first kappa shape index (κ1) is 12.3. The molecule has 0 amide bonds. The molecule has 0 radical (unpaired) electrons. The van der Waals surface area contributed by atoms with Gasteiger partial charge in [0.1, 0.15) is 0 Å². The summed E-state index contributed by atoms with van der Waals surface area (Å²) < 4.78 is 0. The fourth-order valence-electron chi connectivity index (χ4n) is 3.77. The Hall–Kier alpha value is -0.120. The van der Waals surface area contributed by atoms with Crippen LogP contribution in [0, 0.1) is 0 Å². The van der Waals surface area contributed by atoms with E-state index in [9.17, 15) is 0 Å². The molecule has 1 heterocycles. The van der Waals surface area contributed by atoms with E-state index in [-0.39, 0.29) is 5.54 Å². The van der Waals surface area contributed by atoms with E-state index >= 15 is 0 Å². The van der Waals surface area contributed by atoms with Crippen molar-refractivity contribution in [2.75, 3.05) is 33.2 Å². The Bertz CT molecular complexity index is 225. The van der Waals surface area contributed by atoms with Crippen LogP contribution in [0.3, 0.4) is 0 Å². The van der Waals surface area contributed by atoms with Gasteiger partial charge in [-0.05, 0) is 39.4 Å². The molecular weight excluding hydrogens is 198 g/mol. The number of likely N-dealkylation sites (N-methyl/N-ethyl adjacent to an activating group) is 2. The smallest absolute Gasteiger partial charge is 0.0473 e. The van der Waals surface area contributed by atoms with Crippen LogP contribution >= 0.6 is 0 Å². The lowest BCUT2D eigenvalue weighted by atomic mass is 9.93. The van der Waals surface area contributed by atoms with Crippen molar-refractivity contribution in [3.63, 3.8) is 0 Å². The summed E-state index contributed by atoms with van der Waals surface area (Å²) in [5, 5.41) is 0. The zero-order valence-corrected chi connectivity index (χ0v) is 10.9. The van der Waals surface area contributed by atoms with Gasteiger partial charge in [0, 0.05) is 24.7 Å². The van der Waals surface area contributed by atoms with Crippen molar-refractivity contribution >= 4 is 0 Å². The zero-order valence-electron chi connectivity index (χ0n) is 10.9. The maximum Gasteiger partial charge on any atom is 0.0473 e. The largest absolute Gasteiger partial charge is 0.329 e. The van der Waals surface area contributed by atoms with Crippen LogP contribution in [0.2, 0.25) is 0 Å². The SMILES string of the molecule is CCN(C1CCCC1)C1(CN)CCN(C)C1. The van der Waals surface area contributed by atoms with E-state index in [2.05, 4.69) is 23.8 Å². The van der Waals surface area contributed by atoms with Crippen LogP contribution in [0.25, 0.3) is 0 Å². The predicted molar refractivity (Wildman–Crippen MR) is 68.5 cm³/mol. The molecule has 1 saturated heterocycles. The summed E-state index contributed by atoms with van der Waals surface area (Å²) >= 11 is 0. The number of likely N-dealkylation sites (tertiary alicyclic amines) is 1. The highest BCUT2D eigenvalue weighted by atomic mass is 15.3. The molecule has 2 rings (SSSR count). The second kappa shape index (κ2) is 5.03. The van der Waals surface area contributed by atoms with E-state index in [4.69, 9.17) is 5.73 Å². The van der Waals surface area contributed by atoms with Gasteiger partial charge in [-0.3, -0.25) is 4.90 Å². The van der Waals surface area contributed by atoms with Crippen molar-refractivity contribution in [2.45, 2.75) is 50.6 Å². The van der Waals surface area contributed by atoms with Gasteiger partial charge in [0.25, 0.3) is 0 Å². The number of hydrogen-bond acceptors (Lipinski definition) is 3. The molecule has 94 valence electrons. The lowest BCUT2D eigenvalue weighted by Crippen LogP contribution is -2.58. The normalized spacial score (nSPS) is 33.0. The summed E-state index contributed by atoms with van der Waals surface area (Å²) in [7, 11) is 2.22. The summed E-state index contributed by atoms with van der Waals surface area (Å²) in [5.74, 6) is 0. The third-order valence-corrected chi connectivity index (χ3v) is 4.62. The third-order valence-electron chi connectivity index (χ3n) is 4.62. The summed E-state index contributed by atoms with van der Waals surface area (Å²) in [6.07, 6.45) is 6.86. The molecular formula is C13H27N3. The van der Waals surface area contributed by atoms with Crippen LogP contribution < -0.4 is 5.73 Å². The molecule has 1 unspecified atom stereocenters. The molecule has 2 fully saturated rings. The maximum atomic E-state index is 6.11. The Morgan fingerprint density at radius 3 is 2.50 bits per heavy atom. The van der Waals surface area contributed by atoms with Gasteiger partial charge in [-0.15, -0.1) is 0 Å². The second-order valence-electron chi connectivity index (χ2n) is 5.64. The summed E-state index contributed by atoms with van der Waals surface area (Å²) in [6.45, 7) is 6.65. The van der Waals surface area contributed by atoms with E-state index in [1.54, 1.807) is 0 Å². The van der Waals surface area contributed by atoms with Crippen LogP contribution in [0.1, 0.15) is 39.0 Å². The van der Waals surface area contributed by atoms with Gasteiger partial charge < -0.3 is 10.6 Å². The fourth-order valence-corrected chi connectivity index (χ4v) is 3.77. The molecule has 2 N–H and O–H groups in total. The van der Waals surface area contributed by atoms with Gasteiger partial charge in [0.05, 0.1) is 0 Å². The standard InChI is InChI=1S/C13H27N3/c1-3-16(12-6-4-5-7-12)13(10-14)8-9-15(2)11-13/h12H,3-11,14H2,1-2H3. The minimum atomic E-state index is 0.276. The van der Waals surface area contributed by atoms with Gasteiger partial charge in [0.2, 0.25) is 0 Å². The molecule has 0 aromatic heterocycles. The van der Waals surface area contributed by atoms with Crippen molar-refractivity contribution in [2.24, 2.45) is 5.73 Å². The van der Waals surface area contributed by atoms with Crippen molar-refractivity contribution in [3.8, 4) is 0 Å². The molecule has 0 spiro atoms. The van der Waals surface area contributed by atoms with Crippen molar-refractivity contribution in [1.29, 1.82) is 0 Å². The van der Waals surface area contributed by atoms with Crippen LogP contribution in [0.5, 0.6) is 0 Å². The van der Waals surface area contributed by atoms with E-state index in [1.165, 1.54) is 38.6 Å². The van der Waals surface area contributed by atoms with E-state index in [0.717, 1.165) is 25.7 Å². The number of nitrogens with two attached hydrogens (primary N) is 1. The molecule has 0 aromatic rings. The molecule has 3 nitrogen and oxygen atoms in total. The first-order chi connectivity index (χ1) is 7.72. The van der Waals surface area contributed by atoms with Crippen molar-refractivity contribution in [3.05, 3.63) is 0 Å². The topological polar surface area (TPSA) is 32.5 Å². The van der Waals surface area contributed by atoms with Gasteiger partial charge in [-0.2, -0.15) is 0 Å². The molecule has 1 saturated carbocycles. The number of hydrogen-bond donors (Lipinski definition) is 1. The van der Waals surface area contributed by atoms with Gasteiger partial charge in [-0.1, -0.05) is 19.8 Å². The summed E-state index contributed by atoms with van der Waals surface area (Å²) in [6, 6.07) is 0.806. The number of nitrogens with zero attached hydrogens (tertiary/aromatic N) is 2. The zero-order chi connectivity index (χ0) is 11.6. The van der Waals surface area contributed by atoms with Gasteiger partial charge in [-0.25, -0.2) is 0 Å². The molecule has 16 heavy (non-hydrogen) atoms. The van der Waals surface area contributed by atoms with Crippen molar-refractivity contribution < 1.29 is 0 Å². The van der Waals surface area contributed by atoms with Crippen LogP contribution in [-0.4, -0.2) is 54.6 Å². The summed E-state index contributed by atoms with van der Waals surface area (Å²) in [5.41, 5.74) is 6.38. The van der Waals surface area contributed by atoms with Gasteiger partial charge >= 0.3 is 0 Å². The Morgan fingerprint density at radius 2 is 2.06 bits per heavy atom. The van der Waals surface area contributed by atoms with Crippen LogP contribution in [0.4, 0.5) is 0 Å². The van der Waals surface area contributed by atoms with E-state index in [0.29, 0.717) is 0 Å². The van der Waals surface area contributed by atoms with Crippen molar-refractivity contribution in [1.82, 2.24) is 9.80 Å². The molecule has 1 aliphatic carbocycles. The average Bonchev–Trinajstić information content (AvgIpc) is 2.91. The minimum Gasteiger partial charge on any atom is -0.329 e. The summed E-state index contributed by atoms with van der Waals surface area (Å²) in [4.78, 5) is 5.16. The third kappa shape index (κ3) is 2.13. The molecule has 2 aliphatic rings. The Labute approximate surface area is 100.0 Å². The molecule has 0 aromatic carbocycles. The number of rotatable bonds is 4. The Kier molecular flexibility index (Phi) is 3.88. The highest BCUT2D eigenvalue weighted by Gasteiger charge is 2.43. The highest BCUT2D eigenvalue weighted by molar-refractivity contribution is 5.01. The molecule has 3 heteroatoms. The lowest BCUT2D eigenvalue weighted by Gasteiger charge is -2.44. The van der Waals surface area contributed by atoms with E-state index in [1.807, 2.05) is 0 Å². The maximum absolute atomic E-state index is 6.11. The first-order valence-electron chi connectivity index (χ1n) is 6.87. The quantitative estimate of drug-likeness (QED) is 0.782. The molecule has 1 aliphatic heterocycles. The Morgan fingerprint density at radius 1 is 1.38 bits per heavy atom. The first-order valence-corrected chi connectivity index (χ1v) is 6.87. The molecule has 1 atom stereocenters. The second-order valence-corrected chi connectivity index (χ2v) is 5.64. The Balaban J connectivity index is 2.10. The van der Waals surface area contributed by atoms with Crippen LogP contribution in [0.15, 0.2) is 0 Å². The fraction of sp³-hybridized carbons (Fsp3) is 1.00. The highest BCUT2D eigenvalue weighted by Crippen LogP contribution is 2.33. The predicted octanol–water partition coefficient (Wildman–Crippen LogP) is 1.28. The van der Waals surface area contributed by atoms with Gasteiger partial charge in [0.15, 0.2) is 0 Å².